The molecule has 0 aromatic rings. The SMILES string of the molecule is CCCC(=O)N1CCC(C(=O)NCC2CCCO2)CC1. The van der Waals surface area contributed by atoms with Crippen molar-refractivity contribution in [2.24, 2.45) is 5.92 Å². The van der Waals surface area contributed by atoms with Crippen LogP contribution in [0.15, 0.2) is 0 Å². The number of hydrogen-bond acceptors (Lipinski definition) is 3. The number of rotatable bonds is 5. The van der Waals surface area contributed by atoms with Gasteiger partial charge in [0.1, 0.15) is 0 Å². The highest BCUT2D eigenvalue weighted by molar-refractivity contribution is 5.80. The molecule has 5 heteroatoms. The number of carbonyl (C=O) groups excluding carboxylic acids is 2. The first-order valence-corrected chi connectivity index (χ1v) is 7.87. The van der Waals surface area contributed by atoms with Crippen LogP contribution in [-0.2, 0) is 14.3 Å². The lowest BCUT2D eigenvalue weighted by atomic mass is 9.95. The van der Waals surface area contributed by atoms with Gasteiger partial charge in [-0.1, -0.05) is 6.92 Å². The summed E-state index contributed by atoms with van der Waals surface area (Å²) in [7, 11) is 0. The molecule has 0 aromatic heterocycles. The van der Waals surface area contributed by atoms with E-state index in [1.807, 2.05) is 11.8 Å². The molecule has 2 aliphatic rings. The molecule has 1 N–H and O–H groups in total. The van der Waals surface area contributed by atoms with Crippen LogP contribution < -0.4 is 5.32 Å². The highest BCUT2D eigenvalue weighted by Crippen LogP contribution is 2.18. The van der Waals surface area contributed by atoms with Crippen LogP contribution in [0, 0.1) is 5.92 Å². The van der Waals surface area contributed by atoms with Crippen molar-refractivity contribution in [2.45, 2.75) is 51.6 Å². The van der Waals surface area contributed by atoms with Gasteiger partial charge < -0.3 is 15.0 Å². The minimum atomic E-state index is 0.0575. The third kappa shape index (κ3) is 4.20. The summed E-state index contributed by atoms with van der Waals surface area (Å²) in [5.74, 6) is 0.413. The lowest BCUT2D eigenvalue weighted by Gasteiger charge is -2.31. The number of nitrogens with one attached hydrogen (secondary N) is 1. The summed E-state index contributed by atoms with van der Waals surface area (Å²) < 4.78 is 5.50. The van der Waals surface area contributed by atoms with Crippen molar-refractivity contribution in [1.29, 1.82) is 0 Å². The van der Waals surface area contributed by atoms with Crippen molar-refractivity contribution in [1.82, 2.24) is 10.2 Å². The van der Waals surface area contributed by atoms with Crippen molar-refractivity contribution in [3.05, 3.63) is 0 Å². The van der Waals surface area contributed by atoms with E-state index in [0.29, 0.717) is 13.0 Å². The molecule has 0 saturated carbocycles. The molecule has 0 aromatic carbocycles. The maximum Gasteiger partial charge on any atom is 0.223 e. The third-order valence-electron chi connectivity index (χ3n) is 4.21. The summed E-state index contributed by atoms with van der Waals surface area (Å²) in [5, 5.41) is 3.00. The Bertz CT molecular complexity index is 332. The monoisotopic (exact) mass is 282 g/mol. The van der Waals surface area contributed by atoms with E-state index in [0.717, 1.165) is 51.8 Å². The van der Waals surface area contributed by atoms with E-state index in [1.54, 1.807) is 0 Å². The van der Waals surface area contributed by atoms with Crippen molar-refractivity contribution in [3.8, 4) is 0 Å². The van der Waals surface area contributed by atoms with Gasteiger partial charge in [0.25, 0.3) is 0 Å². The van der Waals surface area contributed by atoms with Crippen molar-refractivity contribution >= 4 is 11.8 Å². The summed E-state index contributed by atoms with van der Waals surface area (Å²) in [6, 6.07) is 0. The zero-order valence-corrected chi connectivity index (χ0v) is 12.4. The van der Waals surface area contributed by atoms with Gasteiger partial charge in [0, 0.05) is 38.6 Å². The van der Waals surface area contributed by atoms with E-state index in [9.17, 15) is 9.59 Å². The van der Waals surface area contributed by atoms with E-state index < -0.39 is 0 Å². The highest BCUT2D eigenvalue weighted by Gasteiger charge is 2.27. The van der Waals surface area contributed by atoms with Gasteiger partial charge in [0.15, 0.2) is 0 Å². The summed E-state index contributed by atoms with van der Waals surface area (Å²) in [5.41, 5.74) is 0. The Balaban J connectivity index is 1.67. The molecule has 1 atom stereocenters. The average molecular weight is 282 g/mol. The molecule has 0 aliphatic carbocycles. The molecule has 2 saturated heterocycles. The van der Waals surface area contributed by atoms with Crippen molar-refractivity contribution in [2.75, 3.05) is 26.2 Å². The van der Waals surface area contributed by atoms with Gasteiger partial charge in [-0.2, -0.15) is 0 Å². The molecule has 2 rings (SSSR count). The Morgan fingerprint density at radius 1 is 1.25 bits per heavy atom. The van der Waals surface area contributed by atoms with Gasteiger partial charge in [-0.25, -0.2) is 0 Å². The standard InChI is InChI=1S/C15H26N2O3/c1-2-4-14(18)17-8-6-12(7-9-17)15(19)16-11-13-5-3-10-20-13/h12-13H,2-11H2,1H3,(H,16,19). The Labute approximate surface area is 121 Å². The fourth-order valence-corrected chi connectivity index (χ4v) is 2.93. The van der Waals surface area contributed by atoms with Crippen LogP contribution in [-0.4, -0.2) is 49.1 Å². The van der Waals surface area contributed by atoms with Crippen LogP contribution in [0.3, 0.4) is 0 Å². The van der Waals surface area contributed by atoms with E-state index in [4.69, 9.17) is 4.74 Å². The summed E-state index contributed by atoms with van der Waals surface area (Å²) in [4.78, 5) is 25.8. The number of likely N-dealkylation sites (tertiary alicyclic amines) is 1. The molecule has 0 bridgehead atoms. The van der Waals surface area contributed by atoms with Gasteiger partial charge in [0.05, 0.1) is 6.10 Å². The molecule has 2 heterocycles. The van der Waals surface area contributed by atoms with Gasteiger partial charge in [-0.05, 0) is 32.1 Å². The molecule has 2 aliphatic heterocycles. The van der Waals surface area contributed by atoms with Crippen LogP contribution >= 0.6 is 0 Å². The molecule has 20 heavy (non-hydrogen) atoms. The minimum absolute atomic E-state index is 0.0575. The zero-order chi connectivity index (χ0) is 14.4. The molecule has 0 spiro atoms. The van der Waals surface area contributed by atoms with E-state index >= 15 is 0 Å². The fourth-order valence-electron chi connectivity index (χ4n) is 2.93. The first-order chi connectivity index (χ1) is 9.70. The summed E-state index contributed by atoms with van der Waals surface area (Å²) >= 11 is 0. The number of ether oxygens (including phenoxy) is 1. The first kappa shape index (κ1) is 15.3. The molecular formula is C15H26N2O3. The average Bonchev–Trinajstić information content (AvgIpc) is 2.98. The van der Waals surface area contributed by atoms with Crippen molar-refractivity contribution in [3.63, 3.8) is 0 Å². The Kier molecular flexibility index (Phi) is 5.83. The van der Waals surface area contributed by atoms with E-state index in [2.05, 4.69) is 5.32 Å². The second-order valence-corrected chi connectivity index (χ2v) is 5.79. The normalized spacial score (nSPS) is 23.9. The zero-order valence-electron chi connectivity index (χ0n) is 12.4. The van der Waals surface area contributed by atoms with Crippen LogP contribution in [0.1, 0.15) is 45.4 Å². The quantitative estimate of drug-likeness (QED) is 0.827. The van der Waals surface area contributed by atoms with Crippen LogP contribution in [0.5, 0.6) is 0 Å². The third-order valence-corrected chi connectivity index (χ3v) is 4.21. The van der Waals surface area contributed by atoms with Crippen LogP contribution in [0.25, 0.3) is 0 Å². The minimum Gasteiger partial charge on any atom is -0.376 e. The predicted octanol–water partition coefficient (Wildman–Crippen LogP) is 1.32. The number of nitrogens with zero attached hydrogens (tertiary/aromatic N) is 1. The Hall–Kier alpha value is -1.10. The number of amides is 2. The van der Waals surface area contributed by atoms with Crippen molar-refractivity contribution < 1.29 is 14.3 Å². The smallest absolute Gasteiger partial charge is 0.223 e. The number of piperidine rings is 1. The molecular weight excluding hydrogens is 256 g/mol. The maximum atomic E-state index is 12.1. The fraction of sp³-hybridized carbons (Fsp3) is 0.867. The first-order valence-electron chi connectivity index (χ1n) is 7.87. The highest BCUT2D eigenvalue weighted by atomic mass is 16.5. The summed E-state index contributed by atoms with van der Waals surface area (Å²) in [6.45, 7) is 4.91. The molecule has 5 nitrogen and oxygen atoms in total. The maximum absolute atomic E-state index is 12.1. The number of hydrogen-bond donors (Lipinski definition) is 1. The largest absolute Gasteiger partial charge is 0.376 e. The lowest BCUT2D eigenvalue weighted by molar-refractivity contribution is -0.135. The van der Waals surface area contributed by atoms with Crippen LogP contribution in [0.4, 0.5) is 0 Å². The van der Waals surface area contributed by atoms with E-state index in [-0.39, 0.29) is 23.8 Å². The predicted molar refractivity (Wildman–Crippen MR) is 76.2 cm³/mol. The molecule has 2 amide bonds. The second kappa shape index (κ2) is 7.62. The Morgan fingerprint density at radius 3 is 2.60 bits per heavy atom. The second-order valence-electron chi connectivity index (χ2n) is 5.79. The lowest BCUT2D eigenvalue weighted by Crippen LogP contribution is -2.44. The number of carbonyl (C=O) groups is 2. The van der Waals surface area contributed by atoms with Gasteiger partial charge >= 0.3 is 0 Å². The van der Waals surface area contributed by atoms with Gasteiger partial charge in [0.2, 0.25) is 11.8 Å². The van der Waals surface area contributed by atoms with Crippen LogP contribution in [0.2, 0.25) is 0 Å². The van der Waals surface area contributed by atoms with Gasteiger partial charge in [-0.3, -0.25) is 9.59 Å². The Morgan fingerprint density at radius 2 is 2.00 bits per heavy atom. The molecule has 0 radical (unpaired) electrons. The molecule has 2 fully saturated rings. The topological polar surface area (TPSA) is 58.6 Å². The molecule has 1 unspecified atom stereocenters. The molecule has 114 valence electrons. The van der Waals surface area contributed by atoms with Gasteiger partial charge in [-0.15, -0.1) is 0 Å². The summed E-state index contributed by atoms with van der Waals surface area (Å²) in [6.07, 6.45) is 5.42. The van der Waals surface area contributed by atoms with E-state index in [1.165, 1.54) is 0 Å².